The Labute approximate surface area is 152 Å². The van der Waals surface area contributed by atoms with Crippen molar-refractivity contribution >= 4 is 33.2 Å². The van der Waals surface area contributed by atoms with Crippen molar-refractivity contribution in [2.24, 2.45) is 0 Å². The molecule has 2 saturated heterocycles. The molecule has 0 aliphatic carbocycles. The summed E-state index contributed by atoms with van der Waals surface area (Å²) in [6.07, 6.45) is 2.06. The molecule has 5 nitrogen and oxygen atoms in total. The van der Waals surface area contributed by atoms with Crippen molar-refractivity contribution in [3.63, 3.8) is 0 Å². The zero-order chi connectivity index (χ0) is 17.1. The molecule has 2 fully saturated rings. The van der Waals surface area contributed by atoms with Crippen LogP contribution in [0.4, 0.5) is 10.5 Å². The lowest BCUT2D eigenvalue weighted by atomic mass is 10.1. The van der Waals surface area contributed by atoms with Crippen molar-refractivity contribution in [3.8, 4) is 0 Å². The molecule has 134 valence electrons. The first kappa shape index (κ1) is 16.7. The molecule has 0 unspecified atom stereocenters. The number of hydrogen-bond acceptors (Lipinski definition) is 5. The fourth-order valence-corrected chi connectivity index (χ4v) is 4.54. The molecular formula is C19H25N3O2S. The number of fused-ring (bicyclic) bond motifs is 1. The van der Waals surface area contributed by atoms with Crippen molar-refractivity contribution in [2.45, 2.75) is 12.8 Å². The molecule has 6 heteroatoms. The summed E-state index contributed by atoms with van der Waals surface area (Å²) in [4.78, 5) is 18.3. The van der Waals surface area contributed by atoms with Gasteiger partial charge < -0.3 is 14.5 Å². The Morgan fingerprint density at radius 1 is 1.00 bits per heavy atom. The maximum absolute atomic E-state index is 11.4. The van der Waals surface area contributed by atoms with Gasteiger partial charge in [0.05, 0.1) is 6.54 Å². The van der Waals surface area contributed by atoms with Gasteiger partial charge in [0, 0.05) is 48.5 Å². The third kappa shape index (κ3) is 3.75. The molecule has 1 aromatic heterocycles. The number of unbranched alkanes of at least 4 members (excludes halogenated alkanes) is 1. The van der Waals surface area contributed by atoms with Crippen LogP contribution in [0.2, 0.25) is 0 Å². The molecule has 0 atom stereocenters. The Morgan fingerprint density at radius 2 is 1.84 bits per heavy atom. The van der Waals surface area contributed by atoms with Crippen molar-refractivity contribution < 1.29 is 9.53 Å². The second-order valence-electron chi connectivity index (χ2n) is 6.75. The van der Waals surface area contributed by atoms with Gasteiger partial charge in [-0.3, -0.25) is 4.90 Å². The van der Waals surface area contributed by atoms with E-state index in [1.165, 1.54) is 15.8 Å². The highest BCUT2D eigenvalue weighted by Gasteiger charge is 2.21. The fourth-order valence-electron chi connectivity index (χ4n) is 3.73. The van der Waals surface area contributed by atoms with Crippen molar-refractivity contribution in [1.82, 2.24) is 9.80 Å². The number of ether oxygens (including phenoxy) is 1. The lowest BCUT2D eigenvalue weighted by molar-refractivity contribution is 0.157. The van der Waals surface area contributed by atoms with Crippen LogP contribution in [0.1, 0.15) is 12.8 Å². The molecule has 2 aromatic rings. The van der Waals surface area contributed by atoms with Crippen LogP contribution in [-0.4, -0.2) is 68.3 Å². The first-order chi connectivity index (χ1) is 12.3. The number of hydrogen-bond donors (Lipinski definition) is 0. The van der Waals surface area contributed by atoms with Crippen LogP contribution in [0.5, 0.6) is 0 Å². The summed E-state index contributed by atoms with van der Waals surface area (Å²) in [6, 6.07) is 8.87. The smallest absolute Gasteiger partial charge is 0.409 e. The predicted octanol–water partition coefficient (Wildman–Crippen LogP) is 3.26. The Balaban J connectivity index is 1.22. The monoisotopic (exact) mass is 359 g/mol. The average molecular weight is 359 g/mol. The van der Waals surface area contributed by atoms with Crippen LogP contribution >= 0.6 is 11.3 Å². The summed E-state index contributed by atoms with van der Waals surface area (Å²) in [5.74, 6) is 0. The van der Waals surface area contributed by atoms with E-state index in [4.69, 9.17) is 4.74 Å². The maximum atomic E-state index is 11.4. The minimum atomic E-state index is -0.142. The van der Waals surface area contributed by atoms with Crippen molar-refractivity contribution in [1.29, 1.82) is 0 Å². The predicted molar refractivity (Wildman–Crippen MR) is 103 cm³/mol. The zero-order valence-electron chi connectivity index (χ0n) is 14.5. The number of thiophene rings is 1. The van der Waals surface area contributed by atoms with Gasteiger partial charge in [-0.15, -0.1) is 11.3 Å². The standard InChI is InChI=1S/C19H25N3O2S/c23-19-22(13-14-24-19)8-2-1-7-20-9-11-21(12-10-20)17-4-3-5-18-16(17)6-15-25-18/h3-6,15H,1-2,7-14H2. The second-order valence-corrected chi connectivity index (χ2v) is 7.69. The Kier molecular flexibility index (Phi) is 5.08. The van der Waals surface area contributed by atoms with E-state index in [1.807, 2.05) is 16.2 Å². The van der Waals surface area contributed by atoms with Gasteiger partial charge in [0.1, 0.15) is 6.61 Å². The first-order valence-electron chi connectivity index (χ1n) is 9.16. The fraction of sp³-hybridized carbons (Fsp3) is 0.526. The molecule has 3 heterocycles. The van der Waals surface area contributed by atoms with Crippen LogP contribution in [0.25, 0.3) is 10.1 Å². The number of amides is 1. The van der Waals surface area contributed by atoms with Crippen molar-refractivity contribution in [3.05, 3.63) is 29.6 Å². The van der Waals surface area contributed by atoms with Crippen LogP contribution < -0.4 is 4.90 Å². The summed E-state index contributed by atoms with van der Waals surface area (Å²) in [7, 11) is 0. The lowest BCUT2D eigenvalue weighted by Gasteiger charge is -2.36. The number of benzene rings is 1. The van der Waals surface area contributed by atoms with Gasteiger partial charge in [-0.25, -0.2) is 4.79 Å². The molecule has 1 amide bonds. The number of rotatable bonds is 6. The lowest BCUT2D eigenvalue weighted by Crippen LogP contribution is -2.46. The van der Waals surface area contributed by atoms with Gasteiger partial charge in [0.2, 0.25) is 0 Å². The summed E-state index contributed by atoms with van der Waals surface area (Å²) >= 11 is 1.82. The topological polar surface area (TPSA) is 36.0 Å². The molecule has 0 spiro atoms. The third-order valence-electron chi connectivity index (χ3n) is 5.18. The highest BCUT2D eigenvalue weighted by Crippen LogP contribution is 2.31. The molecule has 1 aromatic carbocycles. The minimum Gasteiger partial charge on any atom is -0.448 e. The van der Waals surface area contributed by atoms with Gasteiger partial charge in [-0.1, -0.05) is 6.07 Å². The molecule has 0 bridgehead atoms. The van der Waals surface area contributed by atoms with E-state index in [1.54, 1.807) is 0 Å². The largest absolute Gasteiger partial charge is 0.448 e. The van der Waals surface area contributed by atoms with Gasteiger partial charge in [0.15, 0.2) is 0 Å². The Bertz CT molecular complexity index is 724. The number of piperazine rings is 1. The van der Waals surface area contributed by atoms with Crippen LogP contribution in [0.3, 0.4) is 0 Å². The molecule has 0 saturated carbocycles. The van der Waals surface area contributed by atoms with Gasteiger partial charge in [-0.2, -0.15) is 0 Å². The Hall–Kier alpha value is -1.79. The summed E-state index contributed by atoms with van der Waals surface area (Å²) in [5, 5.41) is 3.57. The number of nitrogens with zero attached hydrogens (tertiary/aromatic N) is 3. The second kappa shape index (κ2) is 7.62. The van der Waals surface area contributed by atoms with Crippen LogP contribution in [-0.2, 0) is 4.74 Å². The van der Waals surface area contributed by atoms with Crippen LogP contribution in [0, 0.1) is 0 Å². The summed E-state index contributed by atoms with van der Waals surface area (Å²) in [6.45, 7) is 7.68. The third-order valence-corrected chi connectivity index (χ3v) is 6.07. The normalized spacial score (nSPS) is 19.0. The van der Waals surface area contributed by atoms with Gasteiger partial charge >= 0.3 is 6.09 Å². The van der Waals surface area contributed by atoms with Gasteiger partial charge in [0.25, 0.3) is 0 Å². The van der Waals surface area contributed by atoms with E-state index in [-0.39, 0.29) is 6.09 Å². The highest BCUT2D eigenvalue weighted by atomic mass is 32.1. The van der Waals surface area contributed by atoms with E-state index < -0.39 is 0 Å². The van der Waals surface area contributed by atoms with E-state index in [0.717, 1.165) is 58.7 Å². The van der Waals surface area contributed by atoms with E-state index in [9.17, 15) is 4.79 Å². The minimum absolute atomic E-state index is 0.142. The quantitative estimate of drug-likeness (QED) is 0.742. The number of carbonyl (C=O) groups excluding carboxylic acids is 1. The summed E-state index contributed by atoms with van der Waals surface area (Å²) in [5.41, 5.74) is 1.38. The van der Waals surface area contributed by atoms with E-state index in [0.29, 0.717) is 6.61 Å². The number of cyclic esters (lactones) is 1. The molecule has 0 radical (unpaired) electrons. The molecule has 25 heavy (non-hydrogen) atoms. The molecule has 0 N–H and O–H groups in total. The highest BCUT2D eigenvalue weighted by molar-refractivity contribution is 7.17. The number of carbonyl (C=O) groups is 1. The maximum Gasteiger partial charge on any atom is 0.409 e. The SMILES string of the molecule is O=C1OCCN1CCCCN1CCN(c2cccc3sccc23)CC1. The average Bonchev–Trinajstić information content (AvgIpc) is 3.28. The van der Waals surface area contributed by atoms with Gasteiger partial charge in [-0.05, 0) is 43.0 Å². The Morgan fingerprint density at radius 3 is 2.64 bits per heavy atom. The number of anilines is 1. The van der Waals surface area contributed by atoms with E-state index in [2.05, 4.69) is 39.4 Å². The molecule has 2 aliphatic rings. The molecule has 2 aliphatic heterocycles. The van der Waals surface area contributed by atoms with Crippen molar-refractivity contribution in [2.75, 3.05) is 57.3 Å². The summed E-state index contributed by atoms with van der Waals surface area (Å²) < 4.78 is 6.34. The van der Waals surface area contributed by atoms with E-state index >= 15 is 0 Å². The molecular weight excluding hydrogens is 334 g/mol. The molecule has 4 rings (SSSR count). The van der Waals surface area contributed by atoms with Crippen LogP contribution in [0.15, 0.2) is 29.6 Å². The zero-order valence-corrected chi connectivity index (χ0v) is 15.3. The first-order valence-corrected chi connectivity index (χ1v) is 10.0.